The van der Waals surface area contributed by atoms with Crippen molar-refractivity contribution in [1.29, 1.82) is 0 Å². The number of aromatic hydroxyl groups is 1. The van der Waals surface area contributed by atoms with Gasteiger partial charge in [0.25, 0.3) is 5.91 Å². The molecule has 3 rings (SSSR count). The third-order valence-corrected chi connectivity index (χ3v) is 4.21. The number of carboxylic acid groups (broad SMARTS) is 1. The minimum Gasteiger partial charge on any atom is -0.502 e. The molecule has 0 atom stereocenters. The van der Waals surface area contributed by atoms with Crippen LogP contribution in [0.15, 0.2) is 47.1 Å². The zero-order valence-corrected chi connectivity index (χ0v) is 15.5. The van der Waals surface area contributed by atoms with Gasteiger partial charge in [0.2, 0.25) is 5.75 Å². The number of phenolic OH excluding ortho intramolecular Hbond substituents is 1. The first-order valence-electron chi connectivity index (χ1n) is 8.25. The Morgan fingerprint density at radius 2 is 1.79 bits per heavy atom. The number of methoxy groups -OCH3 is 2. The Balaban J connectivity index is 2.00. The standard InChI is InChI=1S/C20H18N2O6/c1-11-15(7-12-8-16(27-2)18(23)17(9-12)28-3)19(24)22(21-11)14-6-4-5-13(10-14)20(25)26/h4-10,23H,1-3H3,(H,25,26)/b15-7-. The summed E-state index contributed by atoms with van der Waals surface area (Å²) in [7, 11) is 2.83. The molecule has 0 saturated carbocycles. The Morgan fingerprint density at radius 1 is 1.14 bits per heavy atom. The number of phenols is 1. The van der Waals surface area contributed by atoms with E-state index in [0.29, 0.717) is 22.5 Å². The first-order valence-corrected chi connectivity index (χ1v) is 8.25. The molecule has 1 amide bonds. The Morgan fingerprint density at radius 3 is 2.36 bits per heavy atom. The maximum Gasteiger partial charge on any atom is 0.335 e. The van der Waals surface area contributed by atoms with Crippen molar-refractivity contribution in [3.63, 3.8) is 0 Å². The Bertz CT molecular complexity index is 1000. The summed E-state index contributed by atoms with van der Waals surface area (Å²) in [6, 6.07) is 9.12. The van der Waals surface area contributed by atoms with Crippen LogP contribution in [0.1, 0.15) is 22.8 Å². The predicted octanol–water partition coefficient (Wildman–Crippen LogP) is 2.91. The van der Waals surface area contributed by atoms with Crippen LogP contribution < -0.4 is 14.5 Å². The summed E-state index contributed by atoms with van der Waals surface area (Å²) < 4.78 is 10.3. The van der Waals surface area contributed by atoms with Crippen molar-refractivity contribution < 1.29 is 29.3 Å². The fourth-order valence-corrected chi connectivity index (χ4v) is 2.79. The lowest BCUT2D eigenvalue weighted by Gasteiger charge is -2.12. The lowest BCUT2D eigenvalue weighted by Crippen LogP contribution is -2.21. The van der Waals surface area contributed by atoms with Gasteiger partial charge in [-0.3, -0.25) is 4.79 Å². The van der Waals surface area contributed by atoms with Gasteiger partial charge in [0.1, 0.15) is 0 Å². The number of hydrogen-bond acceptors (Lipinski definition) is 6. The maximum absolute atomic E-state index is 12.9. The highest BCUT2D eigenvalue weighted by Crippen LogP contribution is 2.38. The maximum atomic E-state index is 12.9. The van der Waals surface area contributed by atoms with Crippen molar-refractivity contribution in [3.8, 4) is 17.2 Å². The Labute approximate surface area is 160 Å². The number of benzene rings is 2. The van der Waals surface area contributed by atoms with Gasteiger partial charge in [-0.05, 0) is 48.9 Å². The molecule has 28 heavy (non-hydrogen) atoms. The molecule has 8 nitrogen and oxygen atoms in total. The smallest absolute Gasteiger partial charge is 0.335 e. The summed E-state index contributed by atoms with van der Waals surface area (Å²) in [4.78, 5) is 24.0. The highest BCUT2D eigenvalue weighted by atomic mass is 16.5. The van der Waals surface area contributed by atoms with Crippen molar-refractivity contribution in [2.24, 2.45) is 5.10 Å². The number of aromatic carboxylic acids is 1. The molecule has 0 fully saturated rings. The molecule has 2 N–H and O–H groups in total. The third-order valence-electron chi connectivity index (χ3n) is 4.21. The van der Waals surface area contributed by atoms with Crippen LogP contribution in [0.25, 0.3) is 6.08 Å². The lowest BCUT2D eigenvalue weighted by atomic mass is 10.1. The van der Waals surface area contributed by atoms with Crippen molar-refractivity contribution in [3.05, 3.63) is 53.1 Å². The second-order valence-corrected chi connectivity index (χ2v) is 5.99. The van der Waals surface area contributed by atoms with Gasteiger partial charge in [-0.25, -0.2) is 4.79 Å². The molecule has 1 aliphatic rings. The molecule has 0 radical (unpaired) electrons. The topological polar surface area (TPSA) is 109 Å². The molecule has 0 unspecified atom stereocenters. The molecule has 8 heteroatoms. The number of carbonyl (C=O) groups excluding carboxylic acids is 1. The van der Waals surface area contributed by atoms with E-state index in [2.05, 4.69) is 5.10 Å². The fourth-order valence-electron chi connectivity index (χ4n) is 2.79. The number of nitrogens with zero attached hydrogens (tertiary/aromatic N) is 2. The molecule has 2 aromatic rings. The molecule has 0 aliphatic carbocycles. The average Bonchev–Trinajstić information content (AvgIpc) is 2.97. The van der Waals surface area contributed by atoms with E-state index in [1.807, 2.05) is 0 Å². The number of hydrogen-bond donors (Lipinski definition) is 2. The molecule has 1 aliphatic heterocycles. The minimum atomic E-state index is -1.09. The average molecular weight is 382 g/mol. The summed E-state index contributed by atoms with van der Waals surface area (Å²) in [5.41, 5.74) is 1.79. The summed E-state index contributed by atoms with van der Waals surface area (Å²) in [5, 5.41) is 24.6. The molecule has 0 bridgehead atoms. The van der Waals surface area contributed by atoms with Crippen LogP contribution in [0.3, 0.4) is 0 Å². The number of rotatable bonds is 5. The van der Waals surface area contributed by atoms with E-state index < -0.39 is 11.9 Å². The molecular weight excluding hydrogens is 364 g/mol. The second-order valence-electron chi connectivity index (χ2n) is 5.99. The molecule has 0 spiro atoms. The largest absolute Gasteiger partial charge is 0.502 e. The van der Waals surface area contributed by atoms with Crippen LogP contribution in [-0.4, -0.2) is 42.0 Å². The molecule has 0 aromatic heterocycles. The van der Waals surface area contributed by atoms with Crippen molar-refractivity contribution >= 4 is 29.4 Å². The van der Waals surface area contributed by atoms with Crippen LogP contribution in [0.2, 0.25) is 0 Å². The van der Waals surface area contributed by atoms with Gasteiger partial charge < -0.3 is 19.7 Å². The summed E-state index contributed by atoms with van der Waals surface area (Å²) >= 11 is 0. The highest BCUT2D eigenvalue weighted by molar-refractivity contribution is 6.32. The van der Waals surface area contributed by atoms with Crippen LogP contribution in [-0.2, 0) is 4.79 Å². The summed E-state index contributed by atoms with van der Waals surface area (Å²) in [5.74, 6) is -1.21. The van der Waals surface area contributed by atoms with Gasteiger partial charge in [-0.15, -0.1) is 0 Å². The van der Waals surface area contributed by atoms with Crippen molar-refractivity contribution in [1.82, 2.24) is 0 Å². The molecule has 0 saturated heterocycles. The summed E-state index contributed by atoms with van der Waals surface area (Å²) in [6.45, 7) is 1.68. The van der Waals surface area contributed by atoms with E-state index in [9.17, 15) is 14.7 Å². The number of hydrazone groups is 1. The van der Waals surface area contributed by atoms with Crippen LogP contribution in [0.4, 0.5) is 5.69 Å². The van der Waals surface area contributed by atoms with Gasteiger partial charge in [0.15, 0.2) is 11.5 Å². The number of carbonyl (C=O) groups is 2. The third kappa shape index (κ3) is 3.39. The van der Waals surface area contributed by atoms with E-state index in [1.165, 1.54) is 26.4 Å². The van der Waals surface area contributed by atoms with Gasteiger partial charge in [0, 0.05) is 0 Å². The number of anilines is 1. The predicted molar refractivity (Wildman–Crippen MR) is 103 cm³/mol. The first-order chi connectivity index (χ1) is 13.3. The lowest BCUT2D eigenvalue weighted by molar-refractivity contribution is -0.114. The number of amides is 1. The first kappa shape index (κ1) is 19.0. The van der Waals surface area contributed by atoms with Crippen LogP contribution in [0.5, 0.6) is 17.2 Å². The van der Waals surface area contributed by atoms with Gasteiger partial charge in [-0.1, -0.05) is 6.07 Å². The van der Waals surface area contributed by atoms with Crippen molar-refractivity contribution in [2.45, 2.75) is 6.92 Å². The molecule has 144 valence electrons. The monoisotopic (exact) mass is 382 g/mol. The van der Waals surface area contributed by atoms with Gasteiger partial charge in [-0.2, -0.15) is 10.1 Å². The number of ether oxygens (including phenoxy) is 2. The Kier molecular flexibility index (Phi) is 5.04. The van der Waals surface area contributed by atoms with Crippen LogP contribution in [0, 0.1) is 0 Å². The van der Waals surface area contributed by atoms with E-state index in [0.717, 1.165) is 5.01 Å². The van der Waals surface area contributed by atoms with E-state index in [4.69, 9.17) is 14.6 Å². The zero-order chi connectivity index (χ0) is 20.4. The number of carboxylic acids is 1. The quantitative estimate of drug-likeness (QED) is 0.770. The van der Waals surface area contributed by atoms with Gasteiger partial charge >= 0.3 is 5.97 Å². The van der Waals surface area contributed by atoms with Crippen molar-refractivity contribution in [2.75, 3.05) is 19.2 Å². The van der Waals surface area contributed by atoms with Gasteiger partial charge in [0.05, 0.1) is 36.8 Å². The molecule has 1 heterocycles. The molecular formula is C20H18N2O6. The zero-order valence-electron chi connectivity index (χ0n) is 15.5. The normalized spacial score (nSPS) is 15.0. The highest BCUT2D eigenvalue weighted by Gasteiger charge is 2.29. The van der Waals surface area contributed by atoms with E-state index in [-0.39, 0.29) is 22.8 Å². The minimum absolute atomic E-state index is 0.0589. The van der Waals surface area contributed by atoms with Crippen LogP contribution >= 0.6 is 0 Å². The van der Waals surface area contributed by atoms with E-state index >= 15 is 0 Å². The second kappa shape index (κ2) is 7.43. The Hall–Kier alpha value is -3.81. The summed E-state index contributed by atoms with van der Waals surface area (Å²) in [6.07, 6.45) is 1.60. The van der Waals surface area contributed by atoms with E-state index in [1.54, 1.807) is 37.3 Å². The molecule has 2 aromatic carbocycles. The SMILES string of the molecule is COc1cc(/C=C2\C(=O)N(c3cccc(C(=O)O)c3)N=C2C)cc(OC)c1O. The fraction of sp³-hybridized carbons (Fsp3) is 0.150.